The molecule has 0 spiro atoms. The summed E-state index contributed by atoms with van der Waals surface area (Å²) >= 11 is 5.97. The summed E-state index contributed by atoms with van der Waals surface area (Å²) in [6.07, 6.45) is 2.73. The fraction of sp³-hybridized carbons (Fsp3) is 0.471. The molecular formula is C17H23ClN4O. The second-order valence-corrected chi connectivity index (χ2v) is 6.60. The second kappa shape index (κ2) is 7.45. The fourth-order valence-corrected chi connectivity index (χ4v) is 3.28. The van der Waals surface area contributed by atoms with E-state index in [-0.39, 0.29) is 6.61 Å². The smallest absolute Gasteiger partial charge is 0.0695 e. The minimum absolute atomic E-state index is 0.241. The average Bonchev–Trinajstić information content (AvgIpc) is 3.00. The first-order chi connectivity index (χ1) is 11.2. The number of rotatable bonds is 5. The third-order valence-corrected chi connectivity index (χ3v) is 4.82. The van der Waals surface area contributed by atoms with E-state index in [1.165, 1.54) is 5.56 Å². The molecule has 3 rings (SSSR count). The summed E-state index contributed by atoms with van der Waals surface area (Å²) in [5, 5.41) is 17.3. The number of H-pyrrole nitrogens is 1. The van der Waals surface area contributed by atoms with Gasteiger partial charge in [-0.3, -0.25) is 10.00 Å². The van der Waals surface area contributed by atoms with Gasteiger partial charge in [-0.2, -0.15) is 5.10 Å². The quantitative estimate of drug-likeness (QED) is 0.880. The third-order valence-electron chi connectivity index (χ3n) is 4.57. The summed E-state index contributed by atoms with van der Waals surface area (Å²) in [5.74, 6) is 0. The molecule has 1 atom stereocenters. The number of nitrogens with zero attached hydrogens (tertiary/aromatic N) is 3. The molecule has 1 unspecified atom stereocenters. The third kappa shape index (κ3) is 3.93. The summed E-state index contributed by atoms with van der Waals surface area (Å²) in [6, 6.07) is 8.23. The van der Waals surface area contributed by atoms with E-state index in [9.17, 15) is 5.11 Å². The van der Waals surface area contributed by atoms with E-state index in [4.69, 9.17) is 11.6 Å². The SMILES string of the molecule is CN1CCN(Cc2cn[nH]c2-c2ccc(Cl)cc2)CC1CCO. The van der Waals surface area contributed by atoms with Gasteiger partial charge in [0.25, 0.3) is 0 Å². The molecule has 5 nitrogen and oxygen atoms in total. The van der Waals surface area contributed by atoms with Gasteiger partial charge >= 0.3 is 0 Å². The van der Waals surface area contributed by atoms with Crippen molar-refractivity contribution in [2.45, 2.75) is 19.0 Å². The number of halogens is 1. The molecule has 23 heavy (non-hydrogen) atoms. The highest BCUT2D eigenvalue weighted by atomic mass is 35.5. The van der Waals surface area contributed by atoms with Crippen molar-refractivity contribution in [1.82, 2.24) is 20.0 Å². The predicted molar refractivity (Wildman–Crippen MR) is 92.4 cm³/mol. The standard InChI is InChI=1S/C17H23ClN4O/c1-21-7-8-22(12-16(21)6-9-23)11-14-10-19-20-17(14)13-2-4-15(18)5-3-13/h2-5,10,16,23H,6-9,11-12H2,1H3,(H,19,20). The number of aromatic nitrogens is 2. The molecule has 1 saturated heterocycles. The molecule has 0 radical (unpaired) electrons. The zero-order valence-electron chi connectivity index (χ0n) is 13.4. The van der Waals surface area contributed by atoms with Crippen LogP contribution in [0.1, 0.15) is 12.0 Å². The number of nitrogens with one attached hydrogen (secondary N) is 1. The van der Waals surface area contributed by atoms with Crippen LogP contribution in [0.2, 0.25) is 5.02 Å². The zero-order chi connectivity index (χ0) is 16.2. The number of aliphatic hydroxyl groups is 1. The number of hydrogen-bond acceptors (Lipinski definition) is 4. The molecule has 0 saturated carbocycles. The van der Waals surface area contributed by atoms with Crippen molar-refractivity contribution in [3.8, 4) is 11.3 Å². The van der Waals surface area contributed by atoms with Gasteiger partial charge in [0.05, 0.1) is 11.9 Å². The van der Waals surface area contributed by atoms with Crippen LogP contribution in [0.3, 0.4) is 0 Å². The minimum atomic E-state index is 0.241. The largest absolute Gasteiger partial charge is 0.396 e. The van der Waals surface area contributed by atoms with Crippen molar-refractivity contribution < 1.29 is 5.11 Å². The van der Waals surface area contributed by atoms with E-state index in [2.05, 4.69) is 27.0 Å². The zero-order valence-corrected chi connectivity index (χ0v) is 14.1. The van der Waals surface area contributed by atoms with Gasteiger partial charge in [-0.15, -0.1) is 0 Å². The van der Waals surface area contributed by atoms with Crippen LogP contribution in [0, 0.1) is 0 Å². The maximum Gasteiger partial charge on any atom is 0.0695 e. The van der Waals surface area contributed by atoms with E-state index in [1.54, 1.807) is 0 Å². The van der Waals surface area contributed by atoms with Crippen molar-refractivity contribution in [2.75, 3.05) is 33.3 Å². The van der Waals surface area contributed by atoms with Gasteiger partial charge in [0, 0.05) is 49.4 Å². The molecule has 6 heteroatoms. The number of benzene rings is 1. The summed E-state index contributed by atoms with van der Waals surface area (Å²) in [6.45, 7) is 4.14. The fourth-order valence-electron chi connectivity index (χ4n) is 3.15. The van der Waals surface area contributed by atoms with Crippen molar-refractivity contribution in [3.63, 3.8) is 0 Å². The van der Waals surface area contributed by atoms with Crippen molar-refractivity contribution in [2.24, 2.45) is 0 Å². The lowest BCUT2D eigenvalue weighted by Gasteiger charge is -2.39. The number of aromatic amines is 1. The molecule has 0 aliphatic carbocycles. The summed E-state index contributed by atoms with van der Waals surface area (Å²) < 4.78 is 0. The van der Waals surface area contributed by atoms with Gasteiger partial charge in [0.15, 0.2) is 0 Å². The van der Waals surface area contributed by atoms with Crippen LogP contribution in [0.15, 0.2) is 30.5 Å². The lowest BCUT2D eigenvalue weighted by Crippen LogP contribution is -2.51. The van der Waals surface area contributed by atoms with E-state index in [0.717, 1.165) is 48.9 Å². The molecule has 124 valence electrons. The number of aliphatic hydroxyl groups excluding tert-OH is 1. The molecule has 1 fully saturated rings. The van der Waals surface area contributed by atoms with Gasteiger partial charge in [0.1, 0.15) is 0 Å². The maximum atomic E-state index is 9.22. The molecule has 0 amide bonds. The summed E-state index contributed by atoms with van der Waals surface area (Å²) in [4.78, 5) is 4.77. The Morgan fingerprint density at radius 1 is 1.30 bits per heavy atom. The van der Waals surface area contributed by atoms with Crippen molar-refractivity contribution in [3.05, 3.63) is 41.0 Å². The molecule has 1 aliphatic heterocycles. The Hall–Kier alpha value is -1.40. The first-order valence-electron chi connectivity index (χ1n) is 7.99. The Morgan fingerprint density at radius 2 is 2.09 bits per heavy atom. The molecular weight excluding hydrogens is 312 g/mol. The Balaban J connectivity index is 1.71. The van der Waals surface area contributed by atoms with Gasteiger partial charge in [0.2, 0.25) is 0 Å². The highest BCUT2D eigenvalue weighted by molar-refractivity contribution is 6.30. The minimum Gasteiger partial charge on any atom is -0.396 e. The van der Waals surface area contributed by atoms with Crippen LogP contribution in [-0.4, -0.2) is 64.4 Å². The van der Waals surface area contributed by atoms with E-state index in [0.29, 0.717) is 6.04 Å². The van der Waals surface area contributed by atoms with Crippen molar-refractivity contribution >= 4 is 11.6 Å². The lowest BCUT2D eigenvalue weighted by atomic mass is 10.1. The summed E-state index contributed by atoms with van der Waals surface area (Å²) in [5.41, 5.74) is 3.35. The van der Waals surface area contributed by atoms with Crippen LogP contribution in [0.5, 0.6) is 0 Å². The number of piperazine rings is 1. The monoisotopic (exact) mass is 334 g/mol. The molecule has 1 aliphatic rings. The average molecular weight is 335 g/mol. The first-order valence-corrected chi connectivity index (χ1v) is 8.37. The Labute approximate surface area is 141 Å². The van der Waals surface area contributed by atoms with Crippen LogP contribution in [-0.2, 0) is 6.54 Å². The molecule has 1 aromatic heterocycles. The molecule has 2 aromatic rings. The van der Waals surface area contributed by atoms with Crippen LogP contribution >= 0.6 is 11.6 Å². The van der Waals surface area contributed by atoms with Gasteiger partial charge in [-0.1, -0.05) is 23.7 Å². The van der Waals surface area contributed by atoms with Crippen LogP contribution in [0.25, 0.3) is 11.3 Å². The van der Waals surface area contributed by atoms with Gasteiger partial charge in [-0.05, 0) is 31.2 Å². The van der Waals surface area contributed by atoms with Crippen LogP contribution < -0.4 is 0 Å². The topological polar surface area (TPSA) is 55.4 Å². The highest BCUT2D eigenvalue weighted by Crippen LogP contribution is 2.24. The Bertz CT molecular complexity index is 628. The number of hydrogen-bond donors (Lipinski definition) is 2. The first kappa shape index (κ1) is 16.5. The van der Waals surface area contributed by atoms with Crippen LogP contribution in [0.4, 0.5) is 0 Å². The van der Waals surface area contributed by atoms with Gasteiger partial charge in [-0.25, -0.2) is 0 Å². The maximum absolute atomic E-state index is 9.22. The highest BCUT2D eigenvalue weighted by Gasteiger charge is 2.24. The summed E-state index contributed by atoms with van der Waals surface area (Å²) in [7, 11) is 2.13. The Kier molecular flexibility index (Phi) is 5.33. The van der Waals surface area contributed by atoms with Gasteiger partial charge < -0.3 is 10.0 Å². The molecule has 0 bridgehead atoms. The van der Waals surface area contributed by atoms with E-state index < -0.39 is 0 Å². The van der Waals surface area contributed by atoms with E-state index >= 15 is 0 Å². The van der Waals surface area contributed by atoms with Crippen molar-refractivity contribution in [1.29, 1.82) is 0 Å². The molecule has 2 heterocycles. The molecule has 1 aromatic carbocycles. The number of likely N-dealkylation sites (N-methyl/N-ethyl adjacent to an activating group) is 1. The Morgan fingerprint density at radius 3 is 2.83 bits per heavy atom. The van der Waals surface area contributed by atoms with E-state index in [1.807, 2.05) is 30.5 Å². The lowest BCUT2D eigenvalue weighted by molar-refractivity contribution is 0.0744. The normalized spacial score (nSPS) is 20.0. The molecule has 2 N–H and O–H groups in total. The predicted octanol–water partition coefficient (Wildman–Crippen LogP) is 2.23. The second-order valence-electron chi connectivity index (χ2n) is 6.16.